The van der Waals surface area contributed by atoms with Gasteiger partial charge in [-0.25, -0.2) is 9.59 Å². The van der Waals surface area contributed by atoms with Crippen LogP contribution in [0.25, 0.3) is 0 Å². The fraction of sp³-hybridized carbons (Fsp3) is 0.0909. The first-order chi connectivity index (χ1) is 8.49. The molecule has 0 aliphatic heterocycles. The first kappa shape index (κ1) is 13.4. The molecule has 1 rings (SSSR count). The number of carboxylic acids is 1. The monoisotopic (exact) mass is 251 g/mol. The average Bonchev–Trinajstić information content (AvgIpc) is 2.34. The summed E-state index contributed by atoms with van der Waals surface area (Å²) in [5.41, 5.74) is 0.508. The molecule has 1 N–H and O–H groups in total. The summed E-state index contributed by atoms with van der Waals surface area (Å²) in [5.74, 6) is -2.04. The van der Waals surface area contributed by atoms with Crippen LogP contribution < -0.4 is 0 Å². The fourth-order valence-corrected chi connectivity index (χ4v) is 1.06. The molecule has 7 heteroatoms. The summed E-state index contributed by atoms with van der Waals surface area (Å²) in [6, 6.07) is 5.48. The van der Waals surface area contributed by atoms with Gasteiger partial charge in [0.15, 0.2) is 0 Å². The SMILES string of the molecule is O=C(O)C=CC(=O)OCc1ccc([N+](=O)[O-])cc1. The van der Waals surface area contributed by atoms with Gasteiger partial charge in [-0.3, -0.25) is 10.1 Å². The molecule has 0 unspecified atom stereocenters. The quantitative estimate of drug-likeness (QED) is 0.365. The van der Waals surface area contributed by atoms with Crippen molar-refractivity contribution in [1.82, 2.24) is 0 Å². The van der Waals surface area contributed by atoms with E-state index in [4.69, 9.17) is 9.84 Å². The van der Waals surface area contributed by atoms with E-state index in [0.717, 1.165) is 6.08 Å². The second kappa shape index (κ2) is 6.14. The Morgan fingerprint density at radius 1 is 1.28 bits per heavy atom. The Bertz CT molecular complexity index is 491. The van der Waals surface area contributed by atoms with Gasteiger partial charge < -0.3 is 9.84 Å². The van der Waals surface area contributed by atoms with Gasteiger partial charge in [0.05, 0.1) is 4.92 Å². The lowest BCUT2D eigenvalue weighted by Gasteiger charge is -2.01. The van der Waals surface area contributed by atoms with E-state index in [1.807, 2.05) is 0 Å². The van der Waals surface area contributed by atoms with Gasteiger partial charge in [0, 0.05) is 24.3 Å². The number of benzene rings is 1. The Balaban J connectivity index is 2.51. The lowest BCUT2D eigenvalue weighted by Crippen LogP contribution is -2.02. The summed E-state index contributed by atoms with van der Waals surface area (Å²) < 4.78 is 4.72. The summed E-state index contributed by atoms with van der Waals surface area (Å²) >= 11 is 0. The van der Waals surface area contributed by atoms with E-state index in [9.17, 15) is 19.7 Å². The molecule has 94 valence electrons. The number of aliphatic carboxylic acids is 1. The molecule has 0 saturated carbocycles. The van der Waals surface area contributed by atoms with Crippen molar-refractivity contribution < 1.29 is 24.4 Å². The van der Waals surface area contributed by atoms with Crippen LogP contribution in [0.3, 0.4) is 0 Å². The number of nitrogens with zero attached hydrogens (tertiary/aromatic N) is 1. The van der Waals surface area contributed by atoms with E-state index in [-0.39, 0.29) is 12.3 Å². The molecule has 1 aromatic carbocycles. The van der Waals surface area contributed by atoms with Crippen LogP contribution in [0.15, 0.2) is 36.4 Å². The predicted octanol–water partition coefficient (Wildman–Crippen LogP) is 1.28. The molecule has 0 amide bonds. The molecule has 18 heavy (non-hydrogen) atoms. The molecule has 1 aromatic rings. The molecule has 0 aliphatic rings. The van der Waals surface area contributed by atoms with Gasteiger partial charge in [-0.2, -0.15) is 0 Å². The first-order valence-electron chi connectivity index (χ1n) is 4.80. The molecule has 0 aromatic heterocycles. The highest BCUT2D eigenvalue weighted by atomic mass is 16.6. The molecule has 0 bridgehead atoms. The minimum Gasteiger partial charge on any atom is -0.478 e. The Hall–Kier alpha value is -2.70. The van der Waals surface area contributed by atoms with Crippen molar-refractivity contribution in [3.63, 3.8) is 0 Å². The molecule has 0 heterocycles. The Morgan fingerprint density at radius 2 is 1.89 bits per heavy atom. The topological polar surface area (TPSA) is 107 Å². The van der Waals surface area contributed by atoms with E-state index in [0.29, 0.717) is 11.6 Å². The number of hydrogen-bond donors (Lipinski definition) is 1. The van der Waals surface area contributed by atoms with Crippen LogP contribution in [0.2, 0.25) is 0 Å². The number of esters is 1. The van der Waals surface area contributed by atoms with Crippen LogP contribution in [0.1, 0.15) is 5.56 Å². The fourth-order valence-electron chi connectivity index (χ4n) is 1.06. The average molecular weight is 251 g/mol. The highest BCUT2D eigenvalue weighted by Gasteiger charge is 2.05. The van der Waals surface area contributed by atoms with Crippen molar-refractivity contribution >= 4 is 17.6 Å². The number of carbonyl (C=O) groups is 2. The van der Waals surface area contributed by atoms with Crippen LogP contribution in [0.4, 0.5) is 5.69 Å². The first-order valence-corrected chi connectivity index (χ1v) is 4.80. The van der Waals surface area contributed by atoms with E-state index in [1.54, 1.807) is 0 Å². The summed E-state index contributed by atoms with van der Waals surface area (Å²) in [5, 5.41) is 18.7. The molecule has 0 aliphatic carbocycles. The maximum absolute atomic E-state index is 11.0. The Kier molecular flexibility index (Phi) is 4.56. The lowest BCUT2D eigenvalue weighted by molar-refractivity contribution is -0.384. The summed E-state index contributed by atoms with van der Waals surface area (Å²) in [7, 11) is 0. The molecule has 0 atom stereocenters. The molecular formula is C11H9NO6. The number of nitro benzene ring substituents is 1. The Labute approximate surface area is 101 Å². The highest BCUT2D eigenvalue weighted by Crippen LogP contribution is 2.12. The van der Waals surface area contributed by atoms with Crippen LogP contribution in [-0.4, -0.2) is 22.0 Å². The summed E-state index contributed by atoms with van der Waals surface area (Å²) in [6.07, 6.45) is 1.45. The van der Waals surface area contributed by atoms with E-state index >= 15 is 0 Å². The number of carbonyl (C=O) groups excluding carboxylic acids is 1. The minimum absolute atomic E-state index is 0.0594. The van der Waals surface area contributed by atoms with Gasteiger partial charge in [-0.1, -0.05) is 0 Å². The van der Waals surface area contributed by atoms with E-state index in [1.165, 1.54) is 24.3 Å². The number of carboxylic acid groups (broad SMARTS) is 1. The molecule has 0 spiro atoms. The van der Waals surface area contributed by atoms with Gasteiger partial charge in [0.2, 0.25) is 0 Å². The van der Waals surface area contributed by atoms with E-state index < -0.39 is 16.9 Å². The smallest absolute Gasteiger partial charge is 0.331 e. The summed E-state index contributed by atoms with van der Waals surface area (Å²) in [6.45, 7) is -0.0826. The van der Waals surface area contributed by atoms with Crippen molar-refractivity contribution in [3.05, 3.63) is 52.1 Å². The number of nitro groups is 1. The summed E-state index contributed by atoms with van der Waals surface area (Å²) in [4.78, 5) is 31.0. The van der Waals surface area contributed by atoms with Gasteiger partial charge in [-0.15, -0.1) is 0 Å². The van der Waals surface area contributed by atoms with Gasteiger partial charge >= 0.3 is 11.9 Å². The zero-order valence-corrected chi connectivity index (χ0v) is 9.11. The number of non-ortho nitro benzene ring substituents is 1. The van der Waals surface area contributed by atoms with Crippen LogP contribution >= 0.6 is 0 Å². The number of ether oxygens (including phenoxy) is 1. The number of rotatable bonds is 5. The second-order valence-electron chi connectivity index (χ2n) is 3.20. The molecular weight excluding hydrogens is 242 g/mol. The van der Waals surface area contributed by atoms with Crippen molar-refractivity contribution in [2.75, 3.05) is 0 Å². The molecule has 0 fully saturated rings. The third-order valence-electron chi connectivity index (χ3n) is 1.89. The largest absolute Gasteiger partial charge is 0.478 e. The third-order valence-corrected chi connectivity index (χ3v) is 1.89. The van der Waals surface area contributed by atoms with Crippen molar-refractivity contribution in [3.8, 4) is 0 Å². The lowest BCUT2D eigenvalue weighted by atomic mass is 10.2. The van der Waals surface area contributed by atoms with Crippen molar-refractivity contribution in [2.45, 2.75) is 6.61 Å². The van der Waals surface area contributed by atoms with Gasteiger partial charge in [-0.05, 0) is 17.7 Å². The Morgan fingerprint density at radius 3 is 2.39 bits per heavy atom. The van der Waals surface area contributed by atoms with Gasteiger partial charge in [0.1, 0.15) is 6.61 Å². The molecule has 0 radical (unpaired) electrons. The zero-order valence-electron chi connectivity index (χ0n) is 9.11. The normalized spacial score (nSPS) is 10.2. The predicted molar refractivity (Wildman–Crippen MR) is 59.7 cm³/mol. The molecule has 7 nitrogen and oxygen atoms in total. The zero-order chi connectivity index (χ0) is 13.5. The number of hydrogen-bond acceptors (Lipinski definition) is 5. The molecule has 0 saturated heterocycles. The highest BCUT2D eigenvalue weighted by molar-refractivity contribution is 5.90. The van der Waals surface area contributed by atoms with Gasteiger partial charge in [0.25, 0.3) is 5.69 Å². The maximum atomic E-state index is 11.0. The van der Waals surface area contributed by atoms with E-state index in [2.05, 4.69) is 0 Å². The third kappa shape index (κ3) is 4.44. The van der Waals surface area contributed by atoms with Crippen LogP contribution in [0, 0.1) is 10.1 Å². The van der Waals surface area contributed by atoms with Crippen molar-refractivity contribution in [2.24, 2.45) is 0 Å². The maximum Gasteiger partial charge on any atom is 0.331 e. The van der Waals surface area contributed by atoms with Crippen LogP contribution in [-0.2, 0) is 20.9 Å². The minimum atomic E-state index is -1.25. The van der Waals surface area contributed by atoms with Crippen molar-refractivity contribution in [1.29, 1.82) is 0 Å². The standard InChI is InChI=1S/C11H9NO6/c13-10(14)5-6-11(15)18-7-8-1-3-9(4-2-8)12(16)17/h1-6H,7H2,(H,13,14). The van der Waals surface area contributed by atoms with Crippen LogP contribution in [0.5, 0.6) is 0 Å². The second-order valence-corrected chi connectivity index (χ2v) is 3.20.